The molecule has 3 rings (SSSR count). The summed E-state index contributed by atoms with van der Waals surface area (Å²) in [6, 6.07) is 7.41. The molecule has 0 aliphatic carbocycles. The van der Waals surface area contributed by atoms with Crippen LogP contribution in [0.15, 0.2) is 41.3 Å². The zero-order valence-corrected chi connectivity index (χ0v) is 17.3. The molecule has 1 aliphatic rings. The molecule has 0 fully saturated rings. The fourth-order valence-electron chi connectivity index (χ4n) is 3.21. The molecule has 0 unspecified atom stereocenters. The highest BCUT2D eigenvalue weighted by atomic mass is 32.2. The van der Waals surface area contributed by atoms with Crippen LogP contribution in [0.1, 0.15) is 19.4 Å². The predicted octanol–water partition coefficient (Wildman–Crippen LogP) is 3.05. The van der Waals surface area contributed by atoms with Crippen molar-refractivity contribution in [1.82, 2.24) is 0 Å². The first kappa shape index (κ1) is 20.9. The highest BCUT2D eigenvalue weighted by Crippen LogP contribution is 2.41. The Morgan fingerprint density at radius 3 is 2.62 bits per heavy atom. The molecule has 0 bridgehead atoms. The number of hydrogen-bond donors (Lipinski definition) is 0. The average molecular weight is 423 g/mol. The summed E-state index contributed by atoms with van der Waals surface area (Å²) >= 11 is 0. The van der Waals surface area contributed by atoms with Gasteiger partial charge in [0.05, 0.1) is 30.3 Å². The summed E-state index contributed by atoms with van der Waals surface area (Å²) in [5, 5.41) is 0. The van der Waals surface area contributed by atoms with Crippen molar-refractivity contribution < 1.29 is 31.8 Å². The van der Waals surface area contributed by atoms with Gasteiger partial charge in [0.1, 0.15) is 5.75 Å². The third-order valence-corrected chi connectivity index (χ3v) is 6.51. The van der Waals surface area contributed by atoms with Crippen molar-refractivity contribution in [3.05, 3.63) is 47.8 Å². The molecule has 2 aromatic rings. The highest BCUT2D eigenvalue weighted by Gasteiger charge is 2.44. The number of methoxy groups -OCH3 is 1. The lowest BCUT2D eigenvalue weighted by atomic mass is 10.1. The molecular formula is C20H22FNO6S. The number of esters is 1. The van der Waals surface area contributed by atoms with E-state index in [2.05, 4.69) is 0 Å². The molecule has 2 aromatic carbocycles. The first-order chi connectivity index (χ1) is 13.7. The van der Waals surface area contributed by atoms with E-state index in [9.17, 15) is 17.6 Å². The monoisotopic (exact) mass is 423 g/mol. The van der Waals surface area contributed by atoms with Gasteiger partial charge >= 0.3 is 5.97 Å². The van der Waals surface area contributed by atoms with E-state index in [1.54, 1.807) is 32.0 Å². The van der Waals surface area contributed by atoms with Crippen molar-refractivity contribution in [2.24, 2.45) is 0 Å². The van der Waals surface area contributed by atoms with Crippen molar-refractivity contribution in [1.29, 1.82) is 0 Å². The number of carbonyl (C=O) groups is 1. The van der Waals surface area contributed by atoms with E-state index in [1.807, 2.05) is 6.92 Å². The Kier molecular flexibility index (Phi) is 5.70. The molecule has 7 nitrogen and oxygen atoms in total. The van der Waals surface area contributed by atoms with Crippen LogP contribution >= 0.6 is 0 Å². The molecule has 1 aliphatic heterocycles. The quantitative estimate of drug-likeness (QED) is 0.688. The van der Waals surface area contributed by atoms with Gasteiger partial charge in [0.15, 0.2) is 11.6 Å². The number of fused-ring (bicyclic) bond motifs is 1. The van der Waals surface area contributed by atoms with Crippen LogP contribution < -0.4 is 13.8 Å². The Balaban J connectivity index is 2.16. The van der Waals surface area contributed by atoms with E-state index in [0.717, 1.165) is 28.1 Å². The summed E-state index contributed by atoms with van der Waals surface area (Å²) in [5.41, 5.74) is 1.10. The zero-order chi connectivity index (χ0) is 21.3. The van der Waals surface area contributed by atoms with Gasteiger partial charge in [-0.05, 0) is 50.6 Å². The zero-order valence-electron chi connectivity index (χ0n) is 16.5. The lowest BCUT2D eigenvalue weighted by molar-refractivity contribution is -0.152. The second-order valence-corrected chi connectivity index (χ2v) is 8.41. The third-order valence-electron chi connectivity index (χ3n) is 4.61. The SMILES string of the molecule is CCOC(=O)[C@@H]1Oc2ccc(C)cc2N(S(=O)(=O)c2ccc(F)c(OC)c2)[C@@H]1C. The second-order valence-electron chi connectivity index (χ2n) is 6.60. The topological polar surface area (TPSA) is 82.1 Å². The predicted molar refractivity (Wildman–Crippen MR) is 104 cm³/mol. The van der Waals surface area contributed by atoms with Crippen LogP contribution in [-0.2, 0) is 19.6 Å². The van der Waals surface area contributed by atoms with Gasteiger partial charge in [0.25, 0.3) is 10.0 Å². The summed E-state index contributed by atoms with van der Waals surface area (Å²) in [6.45, 7) is 5.16. The van der Waals surface area contributed by atoms with Crippen LogP contribution in [0.2, 0.25) is 0 Å². The number of benzene rings is 2. The summed E-state index contributed by atoms with van der Waals surface area (Å²) in [7, 11) is -2.92. The molecule has 0 aromatic heterocycles. The van der Waals surface area contributed by atoms with Gasteiger partial charge in [0.2, 0.25) is 6.10 Å². The molecule has 0 radical (unpaired) electrons. The maximum Gasteiger partial charge on any atom is 0.349 e. The molecule has 0 N–H and O–H groups in total. The molecule has 0 saturated heterocycles. The summed E-state index contributed by atoms with van der Waals surface area (Å²) in [6.07, 6.45) is -1.15. The first-order valence-electron chi connectivity index (χ1n) is 9.02. The van der Waals surface area contributed by atoms with Crippen molar-refractivity contribution >= 4 is 21.7 Å². The van der Waals surface area contributed by atoms with Crippen molar-refractivity contribution in [2.75, 3.05) is 18.0 Å². The van der Waals surface area contributed by atoms with Crippen LogP contribution in [0, 0.1) is 12.7 Å². The largest absolute Gasteiger partial charge is 0.494 e. The molecule has 29 heavy (non-hydrogen) atoms. The smallest absolute Gasteiger partial charge is 0.349 e. The lowest BCUT2D eigenvalue weighted by Crippen LogP contribution is -2.54. The van der Waals surface area contributed by atoms with Gasteiger partial charge in [0, 0.05) is 6.07 Å². The molecule has 2 atom stereocenters. The third kappa shape index (κ3) is 3.74. The van der Waals surface area contributed by atoms with Crippen molar-refractivity contribution in [3.8, 4) is 11.5 Å². The number of aryl methyl sites for hydroxylation is 1. The Bertz CT molecular complexity index is 1040. The van der Waals surface area contributed by atoms with Gasteiger partial charge < -0.3 is 14.2 Å². The van der Waals surface area contributed by atoms with Crippen LogP contribution in [-0.4, -0.2) is 40.2 Å². The van der Waals surface area contributed by atoms with E-state index >= 15 is 0 Å². The maximum atomic E-state index is 13.8. The first-order valence-corrected chi connectivity index (χ1v) is 10.5. The number of sulfonamides is 1. The summed E-state index contributed by atoms with van der Waals surface area (Å²) in [5.74, 6) is -1.30. The van der Waals surface area contributed by atoms with Crippen LogP contribution in [0.3, 0.4) is 0 Å². The highest BCUT2D eigenvalue weighted by molar-refractivity contribution is 7.92. The fraction of sp³-hybridized carbons (Fsp3) is 0.350. The second kappa shape index (κ2) is 7.90. The lowest BCUT2D eigenvalue weighted by Gasteiger charge is -2.39. The van der Waals surface area contributed by atoms with Crippen molar-refractivity contribution in [3.63, 3.8) is 0 Å². The number of halogens is 1. The average Bonchev–Trinajstić information content (AvgIpc) is 2.67. The van der Waals surface area contributed by atoms with E-state index < -0.39 is 34.0 Å². The standard InChI is InChI=1S/C20H22FNO6S/c1-5-27-20(23)19-13(3)22(16-10-12(2)6-9-17(16)28-19)29(24,25)14-7-8-15(21)18(11-14)26-4/h6-11,13,19H,5H2,1-4H3/t13-,19-/m1/s1. The van der Waals surface area contributed by atoms with E-state index in [1.165, 1.54) is 7.11 Å². The molecule has 9 heteroatoms. The Hall–Kier alpha value is -2.81. The minimum absolute atomic E-state index is 0.133. The Morgan fingerprint density at radius 1 is 1.24 bits per heavy atom. The summed E-state index contributed by atoms with van der Waals surface area (Å²) < 4.78 is 57.7. The van der Waals surface area contributed by atoms with Gasteiger partial charge in [-0.2, -0.15) is 0 Å². The van der Waals surface area contributed by atoms with Crippen LogP contribution in [0.4, 0.5) is 10.1 Å². The molecule has 1 heterocycles. The number of rotatable bonds is 5. The minimum atomic E-state index is -4.17. The molecule has 156 valence electrons. The minimum Gasteiger partial charge on any atom is -0.494 e. The number of ether oxygens (including phenoxy) is 3. The number of hydrogen-bond acceptors (Lipinski definition) is 6. The van der Waals surface area contributed by atoms with E-state index in [4.69, 9.17) is 14.2 Å². The van der Waals surface area contributed by atoms with Gasteiger partial charge in [-0.3, -0.25) is 4.31 Å². The normalized spacial score (nSPS) is 18.6. The molecular weight excluding hydrogens is 401 g/mol. The van der Waals surface area contributed by atoms with E-state index in [-0.39, 0.29) is 23.0 Å². The maximum absolute atomic E-state index is 13.8. The number of carbonyl (C=O) groups excluding carboxylic acids is 1. The fourth-order valence-corrected chi connectivity index (χ4v) is 4.88. The summed E-state index contributed by atoms with van der Waals surface area (Å²) in [4.78, 5) is 12.2. The number of nitrogens with zero attached hydrogens (tertiary/aromatic N) is 1. The van der Waals surface area contributed by atoms with Crippen LogP contribution in [0.5, 0.6) is 11.5 Å². The number of anilines is 1. The van der Waals surface area contributed by atoms with Gasteiger partial charge in [-0.1, -0.05) is 6.07 Å². The molecule has 0 amide bonds. The van der Waals surface area contributed by atoms with Crippen LogP contribution in [0.25, 0.3) is 0 Å². The molecule has 0 saturated carbocycles. The van der Waals surface area contributed by atoms with Crippen molar-refractivity contribution in [2.45, 2.75) is 37.8 Å². The Labute approximate surface area is 169 Å². The van der Waals surface area contributed by atoms with E-state index in [0.29, 0.717) is 5.69 Å². The molecule has 0 spiro atoms. The van der Waals surface area contributed by atoms with Gasteiger partial charge in [-0.15, -0.1) is 0 Å². The van der Waals surface area contributed by atoms with Gasteiger partial charge in [-0.25, -0.2) is 17.6 Å². The Morgan fingerprint density at radius 2 is 1.97 bits per heavy atom.